The number of benzene rings is 2. The van der Waals surface area contributed by atoms with Crippen LogP contribution in [0.15, 0.2) is 79.0 Å². The smallest absolute Gasteiger partial charge is 0.224 e. The van der Waals surface area contributed by atoms with Crippen molar-refractivity contribution in [2.24, 2.45) is 0 Å². The van der Waals surface area contributed by atoms with Crippen LogP contribution in [0.5, 0.6) is 0 Å². The van der Waals surface area contributed by atoms with Gasteiger partial charge in [0.1, 0.15) is 5.69 Å². The van der Waals surface area contributed by atoms with Gasteiger partial charge in [-0.05, 0) is 47.7 Å². The SMILES string of the molecule is CC(CC(=O)Nc1cccc(C#Cc2ccccn2)c1)c1ccccc1. The molecule has 1 unspecified atom stereocenters. The Morgan fingerprint density at radius 2 is 1.81 bits per heavy atom. The summed E-state index contributed by atoms with van der Waals surface area (Å²) in [6.45, 7) is 2.06. The lowest BCUT2D eigenvalue weighted by atomic mass is 9.97. The molecule has 0 aliphatic rings. The maximum absolute atomic E-state index is 12.3. The summed E-state index contributed by atoms with van der Waals surface area (Å²) in [7, 11) is 0. The minimum Gasteiger partial charge on any atom is -0.326 e. The van der Waals surface area contributed by atoms with Crippen molar-refractivity contribution in [1.82, 2.24) is 4.98 Å². The lowest BCUT2D eigenvalue weighted by molar-refractivity contribution is -0.116. The molecule has 1 amide bonds. The number of amides is 1. The summed E-state index contributed by atoms with van der Waals surface area (Å²) in [6, 6.07) is 23.2. The Bertz CT molecular complexity index is 924. The van der Waals surface area contributed by atoms with Gasteiger partial charge in [-0.15, -0.1) is 0 Å². The van der Waals surface area contributed by atoms with E-state index in [2.05, 4.69) is 29.1 Å². The molecule has 26 heavy (non-hydrogen) atoms. The Hall–Kier alpha value is -3.38. The highest BCUT2D eigenvalue weighted by atomic mass is 16.1. The zero-order valence-corrected chi connectivity index (χ0v) is 14.6. The van der Waals surface area contributed by atoms with Crippen LogP contribution in [0.4, 0.5) is 5.69 Å². The molecule has 1 atom stereocenters. The van der Waals surface area contributed by atoms with Crippen LogP contribution in [0.25, 0.3) is 0 Å². The Labute approximate surface area is 154 Å². The molecule has 3 aromatic rings. The third-order valence-electron chi connectivity index (χ3n) is 4.01. The molecule has 1 aromatic heterocycles. The fourth-order valence-corrected chi connectivity index (χ4v) is 2.64. The Morgan fingerprint density at radius 1 is 1.00 bits per heavy atom. The van der Waals surface area contributed by atoms with Gasteiger partial charge in [0.25, 0.3) is 0 Å². The van der Waals surface area contributed by atoms with Gasteiger partial charge < -0.3 is 5.32 Å². The third kappa shape index (κ3) is 5.06. The average molecular weight is 340 g/mol. The summed E-state index contributed by atoms with van der Waals surface area (Å²) in [5.74, 6) is 6.26. The molecule has 0 spiro atoms. The summed E-state index contributed by atoms with van der Waals surface area (Å²) in [4.78, 5) is 16.5. The van der Waals surface area contributed by atoms with Gasteiger partial charge in [0, 0.05) is 23.9 Å². The van der Waals surface area contributed by atoms with Gasteiger partial charge in [0.2, 0.25) is 5.91 Å². The first-order chi connectivity index (χ1) is 12.7. The van der Waals surface area contributed by atoms with Crippen LogP contribution < -0.4 is 5.32 Å². The van der Waals surface area contributed by atoms with E-state index in [-0.39, 0.29) is 11.8 Å². The number of carbonyl (C=O) groups is 1. The number of aromatic nitrogens is 1. The molecule has 128 valence electrons. The number of hydrogen-bond acceptors (Lipinski definition) is 2. The van der Waals surface area contributed by atoms with Crippen molar-refractivity contribution in [3.05, 3.63) is 95.8 Å². The van der Waals surface area contributed by atoms with E-state index in [1.54, 1.807) is 6.20 Å². The average Bonchev–Trinajstić information content (AvgIpc) is 2.68. The predicted molar refractivity (Wildman–Crippen MR) is 105 cm³/mol. The molecule has 3 rings (SSSR count). The van der Waals surface area contributed by atoms with Crippen molar-refractivity contribution < 1.29 is 4.79 Å². The number of anilines is 1. The molecule has 0 aliphatic heterocycles. The van der Waals surface area contributed by atoms with Gasteiger partial charge in [-0.25, -0.2) is 4.98 Å². The van der Waals surface area contributed by atoms with Gasteiger partial charge in [0.05, 0.1) is 0 Å². The number of pyridine rings is 1. The van der Waals surface area contributed by atoms with Crippen molar-refractivity contribution in [3.63, 3.8) is 0 Å². The van der Waals surface area contributed by atoms with Crippen LogP contribution in [-0.4, -0.2) is 10.9 Å². The first-order valence-electron chi connectivity index (χ1n) is 8.58. The van der Waals surface area contributed by atoms with Crippen molar-refractivity contribution in [1.29, 1.82) is 0 Å². The number of nitrogens with zero attached hydrogens (tertiary/aromatic N) is 1. The van der Waals surface area contributed by atoms with E-state index in [0.29, 0.717) is 6.42 Å². The molecule has 0 bridgehead atoms. The molecule has 0 saturated heterocycles. The second-order valence-corrected chi connectivity index (χ2v) is 6.11. The fourth-order valence-electron chi connectivity index (χ4n) is 2.64. The number of rotatable bonds is 4. The van der Waals surface area contributed by atoms with Crippen LogP contribution in [0.2, 0.25) is 0 Å². The topological polar surface area (TPSA) is 42.0 Å². The van der Waals surface area contributed by atoms with Crippen LogP contribution in [-0.2, 0) is 4.79 Å². The summed E-state index contributed by atoms with van der Waals surface area (Å²) in [5.41, 5.74) is 3.48. The van der Waals surface area contributed by atoms with Gasteiger partial charge >= 0.3 is 0 Å². The first-order valence-corrected chi connectivity index (χ1v) is 8.58. The van der Waals surface area contributed by atoms with Gasteiger partial charge in [0.15, 0.2) is 0 Å². The predicted octanol–water partition coefficient (Wildman–Crippen LogP) is 4.61. The molecule has 0 saturated carbocycles. The second-order valence-electron chi connectivity index (χ2n) is 6.11. The highest BCUT2D eigenvalue weighted by Gasteiger charge is 2.11. The van der Waals surface area contributed by atoms with E-state index >= 15 is 0 Å². The van der Waals surface area contributed by atoms with Crippen molar-refractivity contribution in [2.75, 3.05) is 5.32 Å². The normalized spacial score (nSPS) is 11.1. The van der Waals surface area contributed by atoms with Gasteiger partial charge in [-0.1, -0.05) is 55.3 Å². The largest absolute Gasteiger partial charge is 0.326 e. The van der Waals surface area contributed by atoms with Crippen LogP contribution in [0, 0.1) is 11.8 Å². The van der Waals surface area contributed by atoms with Crippen LogP contribution >= 0.6 is 0 Å². The highest BCUT2D eigenvalue weighted by molar-refractivity contribution is 5.91. The minimum atomic E-state index is -0.00353. The Balaban J connectivity index is 1.63. The van der Waals surface area contributed by atoms with Crippen LogP contribution in [0.1, 0.15) is 36.1 Å². The molecular formula is C23H20N2O. The molecule has 0 fully saturated rings. The van der Waals surface area contributed by atoms with Gasteiger partial charge in [-0.3, -0.25) is 4.79 Å². The van der Waals surface area contributed by atoms with E-state index in [0.717, 1.165) is 22.5 Å². The highest BCUT2D eigenvalue weighted by Crippen LogP contribution is 2.19. The fraction of sp³-hybridized carbons (Fsp3) is 0.130. The lowest BCUT2D eigenvalue weighted by Crippen LogP contribution is -2.14. The number of hydrogen-bond donors (Lipinski definition) is 1. The molecule has 3 nitrogen and oxygen atoms in total. The first kappa shape index (κ1) is 17.4. The van der Waals surface area contributed by atoms with Crippen molar-refractivity contribution >= 4 is 11.6 Å². The molecule has 0 aliphatic carbocycles. The van der Waals surface area contributed by atoms with E-state index < -0.39 is 0 Å². The molecule has 1 heterocycles. The monoisotopic (exact) mass is 340 g/mol. The number of nitrogens with one attached hydrogen (secondary N) is 1. The van der Waals surface area contributed by atoms with E-state index in [1.165, 1.54) is 0 Å². The summed E-state index contributed by atoms with van der Waals surface area (Å²) < 4.78 is 0. The Morgan fingerprint density at radius 3 is 2.58 bits per heavy atom. The van der Waals surface area contributed by atoms with Crippen molar-refractivity contribution in [3.8, 4) is 11.8 Å². The Kier molecular flexibility index (Phi) is 5.80. The number of carbonyl (C=O) groups excluding carboxylic acids is 1. The standard InChI is InChI=1S/C23H20N2O/c1-18(20-9-3-2-4-10-20)16-23(26)25-22-12-7-8-19(17-22)13-14-21-11-5-6-15-24-21/h2-12,15,17-18H,16H2,1H3,(H,25,26). The maximum atomic E-state index is 12.3. The van der Waals surface area contributed by atoms with E-state index in [1.807, 2.05) is 72.8 Å². The molecule has 1 N–H and O–H groups in total. The van der Waals surface area contributed by atoms with Crippen molar-refractivity contribution in [2.45, 2.75) is 19.3 Å². The molecule has 3 heteroatoms. The molecule has 0 radical (unpaired) electrons. The lowest BCUT2D eigenvalue weighted by Gasteiger charge is -2.12. The maximum Gasteiger partial charge on any atom is 0.224 e. The quantitative estimate of drug-likeness (QED) is 0.705. The third-order valence-corrected chi connectivity index (χ3v) is 4.01. The zero-order chi connectivity index (χ0) is 18.2. The summed E-state index contributed by atoms with van der Waals surface area (Å²) in [5, 5.41) is 2.96. The van der Waals surface area contributed by atoms with Gasteiger partial charge in [-0.2, -0.15) is 0 Å². The summed E-state index contributed by atoms with van der Waals surface area (Å²) >= 11 is 0. The zero-order valence-electron chi connectivity index (χ0n) is 14.6. The minimum absolute atomic E-state index is 0.00353. The van der Waals surface area contributed by atoms with Crippen LogP contribution in [0.3, 0.4) is 0 Å². The molecular weight excluding hydrogens is 320 g/mol. The summed E-state index contributed by atoms with van der Waals surface area (Å²) in [6.07, 6.45) is 2.16. The second kappa shape index (κ2) is 8.64. The molecule has 2 aromatic carbocycles. The van der Waals surface area contributed by atoms with E-state index in [9.17, 15) is 4.79 Å². The van der Waals surface area contributed by atoms with E-state index in [4.69, 9.17) is 0 Å².